The number of rotatable bonds is 23. The van der Waals surface area contributed by atoms with Crippen LogP contribution in [-0.4, -0.2) is 188 Å². The SMILES string of the molecule is COc1cc(C(=O)NC2CCN(C)CC2)ccc1Nc1ncc(C(F)(F)F)c(Oc2cccc(C(N)=O)c2)n1.COc1cc(C(=O)NC2CCN(C)CC2)ccc1Nc1ncc(C(F)(F)F)c(Oc2cccc3[nH]cnc23)n1.COc1cc(C(=O)NC2CCN(C)CC2)ccc1Nc1ncc(C(F)(F)F)c(Oc2ccccc2-c2csnn2)n1. The zero-order valence-corrected chi connectivity index (χ0v) is 65.3. The van der Waals surface area contributed by atoms with E-state index in [1.807, 2.05) is 21.1 Å². The van der Waals surface area contributed by atoms with Crippen LogP contribution in [-0.2, 0) is 18.5 Å². The lowest BCUT2D eigenvalue weighted by molar-refractivity contribution is -0.140. The molecule has 8 heterocycles. The molecule has 0 unspecified atom stereocenters. The van der Waals surface area contributed by atoms with E-state index in [-0.39, 0.29) is 88.0 Å². The van der Waals surface area contributed by atoms with E-state index in [1.165, 1.54) is 70.1 Å². The molecule has 0 spiro atoms. The van der Waals surface area contributed by atoms with Crippen molar-refractivity contribution in [2.75, 3.05) is 97.7 Å². The number of methoxy groups -OCH3 is 3. The zero-order valence-electron chi connectivity index (χ0n) is 64.5. The van der Waals surface area contributed by atoms with E-state index in [9.17, 15) is 58.7 Å². The van der Waals surface area contributed by atoms with Gasteiger partial charge in [-0.15, -0.1) is 5.10 Å². The Kier molecular flexibility index (Phi) is 27.2. The van der Waals surface area contributed by atoms with Gasteiger partial charge in [-0.25, -0.2) is 19.9 Å². The highest BCUT2D eigenvalue weighted by molar-refractivity contribution is 7.03. The second kappa shape index (κ2) is 37.9. The number of hydrogen-bond acceptors (Lipinski definition) is 26. The van der Waals surface area contributed by atoms with Gasteiger partial charge in [0.25, 0.3) is 17.7 Å². The number of nitrogens with two attached hydrogens (primary N) is 1. The van der Waals surface area contributed by atoms with Crippen LogP contribution in [0.5, 0.6) is 52.1 Å². The Bertz CT molecular complexity index is 5390. The van der Waals surface area contributed by atoms with Crippen LogP contribution in [0.4, 0.5) is 74.4 Å². The summed E-state index contributed by atoms with van der Waals surface area (Å²) in [6.07, 6.45) is -5.90. The maximum atomic E-state index is 13.8. The number of carbonyl (C=O) groups is 4. The number of amides is 4. The standard InChI is InChI=1S/C27H26F3N7O3S.C26H26F3N7O3.C26H27F3N6O4/c1-37-11-9-17(10-12-37)32-24(38)16-7-8-20(23(13-16)39-2)33-26-31-14-19(27(28,29)30)25(34-26)40-22-6-4-3-5-18(22)21-15-41-36-35-21;1-36-10-8-16(9-11-36)33-23(37)15-6-7-18(21(12-15)38-2)34-25-30-13-17(26(27,28)29)24(35-25)39-20-5-3-4-19-22(20)32-14-31-19;1-35-10-8-17(9-11-35)32-23(37)16-6-7-20(21(13-16)38-2)33-25-31-14-19(26(27,28)29)24(34-25)39-18-5-3-4-15(12-18)22(30)36/h3-8,13-15,17H,9-12H2,1-2H3,(H,32,38)(H,31,33,34);3-7,12-14,16H,8-11H2,1-2H3,(H,31,32)(H,33,37)(H,30,34,35);3-7,12-14,17H,8-11H2,1-2H3,(H2,30,36)(H,32,37)(H,31,33,34). The number of piperidine rings is 3. The Morgan fingerprint density at radius 1 is 0.462 bits per heavy atom. The summed E-state index contributed by atoms with van der Waals surface area (Å²) in [4.78, 5) is 86.8. The van der Waals surface area contributed by atoms with E-state index in [1.54, 1.807) is 84.2 Å². The van der Waals surface area contributed by atoms with E-state index in [4.69, 9.17) is 34.2 Å². The lowest BCUT2D eigenvalue weighted by Crippen LogP contribution is -2.43. The zero-order chi connectivity index (χ0) is 84.7. The van der Waals surface area contributed by atoms with Crippen LogP contribution in [0.15, 0.2) is 152 Å². The van der Waals surface area contributed by atoms with Gasteiger partial charge in [0.1, 0.15) is 56.6 Å². The molecule has 9 N–H and O–H groups in total. The van der Waals surface area contributed by atoms with Gasteiger partial charge in [-0.2, -0.15) is 54.5 Å². The molecule has 40 heteroatoms. The molecule has 6 aromatic carbocycles. The topological polar surface area (TPSA) is 363 Å². The normalized spacial score (nSPS) is 14.6. The highest BCUT2D eigenvalue weighted by Gasteiger charge is 2.40. The molecule has 624 valence electrons. The molecule has 4 amide bonds. The molecular formula is C79H79F9N20O10S. The molecule has 14 rings (SSSR count). The predicted molar refractivity (Wildman–Crippen MR) is 421 cm³/mol. The number of fused-ring (bicyclic) bond motifs is 1. The van der Waals surface area contributed by atoms with Gasteiger partial charge in [-0.1, -0.05) is 28.8 Å². The van der Waals surface area contributed by atoms with Crippen LogP contribution in [0.1, 0.15) is 96.6 Å². The smallest absolute Gasteiger partial charge is 0.423 e. The summed E-state index contributed by atoms with van der Waals surface area (Å²) in [6, 6.07) is 31.0. The number of likely N-dealkylation sites (tertiary alicyclic amines) is 3. The fourth-order valence-electron chi connectivity index (χ4n) is 12.6. The summed E-state index contributed by atoms with van der Waals surface area (Å²) in [7, 11) is 10.4. The van der Waals surface area contributed by atoms with Gasteiger partial charge in [0.05, 0.1) is 50.2 Å². The third-order valence-electron chi connectivity index (χ3n) is 19.2. The van der Waals surface area contributed by atoms with Crippen LogP contribution >= 0.6 is 11.5 Å². The van der Waals surface area contributed by atoms with Crippen LogP contribution in [0.2, 0.25) is 0 Å². The maximum Gasteiger partial charge on any atom is 0.423 e. The van der Waals surface area contributed by atoms with Gasteiger partial charge < -0.3 is 85.7 Å². The van der Waals surface area contributed by atoms with Crippen molar-refractivity contribution in [2.24, 2.45) is 5.73 Å². The fraction of sp³-hybridized carbons (Fsp3) is 0.304. The Morgan fingerprint density at radius 2 is 0.857 bits per heavy atom. The Morgan fingerprint density at radius 3 is 1.25 bits per heavy atom. The van der Waals surface area contributed by atoms with Gasteiger partial charge in [-0.05, 0) is 208 Å². The number of hydrogen-bond donors (Lipinski definition) is 8. The molecule has 0 bridgehead atoms. The largest absolute Gasteiger partial charge is 0.495 e. The molecule has 11 aromatic rings. The molecule has 0 atom stereocenters. The number of aromatic nitrogens is 10. The second-order valence-electron chi connectivity index (χ2n) is 27.5. The third kappa shape index (κ3) is 22.4. The summed E-state index contributed by atoms with van der Waals surface area (Å²) >= 11 is 1.10. The number of carbonyl (C=O) groups excluding carboxylic acids is 4. The van der Waals surface area contributed by atoms with E-state index in [0.29, 0.717) is 80.4 Å². The summed E-state index contributed by atoms with van der Waals surface area (Å²) in [5, 5.41) is 23.3. The number of ether oxygens (including phenoxy) is 6. The highest BCUT2D eigenvalue weighted by Crippen LogP contribution is 2.44. The van der Waals surface area contributed by atoms with Gasteiger partial charge in [0.15, 0.2) is 5.75 Å². The molecule has 5 aromatic heterocycles. The van der Waals surface area contributed by atoms with Crippen molar-refractivity contribution in [1.82, 2.24) is 80.1 Å². The van der Waals surface area contributed by atoms with E-state index < -0.39 is 58.8 Å². The summed E-state index contributed by atoms with van der Waals surface area (Å²) in [6.45, 7) is 5.42. The number of aromatic amines is 1. The molecular weight excluding hydrogens is 1590 g/mol. The van der Waals surface area contributed by atoms with Crippen molar-refractivity contribution in [1.29, 1.82) is 0 Å². The lowest BCUT2D eigenvalue weighted by atomic mass is 10.0. The Labute approximate surface area is 678 Å². The average molecular weight is 1670 g/mol. The van der Waals surface area contributed by atoms with Crippen molar-refractivity contribution < 1.29 is 87.1 Å². The van der Waals surface area contributed by atoms with E-state index in [0.717, 1.165) is 89.3 Å². The van der Waals surface area contributed by atoms with Crippen LogP contribution < -0.4 is 66.1 Å². The number of H-pyrrole nitrogens is 1. The minimum absolute atomic E-state index is 0.0538. The Hall–Kier alpha value is -13.1. The quantitative estimate of drug-likeness (QED) is 0.0276. The monoisotopic (exact) mass is 1670 g/mol. The summed E-state index contributed by atoms with van der Waals surface area (Å²) < 4.78 is 160. The van der Waals surface area contributed by atoms with Crippen molar-refractivity contribution in [3.05, 3.63) is 191 Å². The first-order valence-electron chi connectivity index (χ1n) is 36.8. The molecule has 3 fully saturated rings. The van der Waals surface area contributed by atoms with E-state index >= 15 is 0 Å². The summed E-state index contributed by atoms with van der Waals surface area (Å²) in [5.41, 5.74) is 5.81. The summed E-state index contributed by atoms with van der Waals surface area (Å²) in [5.74, 6) is -3.22. The van der Waals surface area contributed by atoms with Crippen molar-refractivity contribution >= 4 is 81.1 Å². The molecule has 0 aliphatic carbocycles. The van der Waals surface area contributed by atoms with Crippen LogP contribution in [0.25, 0.3) is 22.3 Å². The highest BCUT2D eigenvalue weighted by atomic mass is 32.1. The first kappa shape index (κ1) is 85.3. The number of anilines is 6. The lowest BCUT2D eigenvalue weighted by Gasteiger charge is -2.29. The molecule has 3 aliphatic heterocycles. The van der Waals surface area contributed by atoms with Crippen molar-refractivity contribution in [3.63, 3.8) is 0 Å². The number of halogens is 9. The van der Waals surface area contributed by atoms with Gasteiger partial charge >= 0.3 is 18.5 Å². The average Bonchev–Trinajstić information content (AvgIpc) is 1.76. The first-order valence-corrected chi connectivity index (χ1v) is 37.7. The first-order chi connectivity index (χ1) is 56.9. The molecule has 0 saturated carbocycles. The molecule has 0 radical (unpaired) electrons. The number of benzene rings is 6. The maximum absolute atomic E-state index is 13.8. The van der Waals surface area contributed by atoms with Gasteiger partial charge in [-0.3, -0.25) is 19.2 Å². The number of primary amides is 1. The van der Waals surface area contributed by atoms with E-state index in [2.05, 4.69) is 96.1 Å². The van der Waals surface area contributed by atoms with Crippen LogP contribution in [0.3, 0.4) is 0 Å². The van der Waals surface area contributed by atoms with Gasteiger partial charge in [0, 0.05) is 69.9 Å². The fourth-order valence-corrected chi connectivity index (χ4v) is 13.1. The number of nitrogens with zero attached hydrogens (tertiary/aromatic N) is 12. The molecule has 3 saturated heterocycles. The Balaban J connectivity index is 0.000000164. The van der Waals surface area contributed by atoms with Crippen molar-refractivity contribution in [3.8, 4) is 63.4 Å². The third-order valence-corrected chi connectivity index (χ3v) is 19.7. The minimum atomic E-state index is -4.81. The van der Waals surface area contributed by atoms with Gasteiger partial charge in [0.2, 0.25) is 41.4 Å². The predicted octanol–water partition coefficient (Wildman–Crippen LogP) is 14.1. The van der Waals surface area contributed by atoms with Crippen LogP contribution in [0, 0.1) is 0 Å². The molecule has 119 heavy (non-hydrogen) atoms. The number of alkyl halides is 9. The number of imidazole rings is 1. The van der Waals surface area contributed by atoms with Crippen molar-refractivity contribution in [2.45, 2.75) is 75.2 Å². The molecule has 3 aliphatic rings. The molecule has 30 nitrogen and oxygen atoms in total. The number of nitrogens with one attached hydrogen (secondary N) is 7. The number of para-hydroxylation sites is 2. The second-order valence-corrected chi connectivity index (χ2v) is 28.2. The minimum Gasteiger partial charge on any atom is -0.495 e.